The molecule has 0 aromatic heterocycles. The molecule has 1 saturated heterocycles. The zero-order chi connectivity index (χ0) is 21.7. The fourth-order valence-electron chi connectivity index (χ4n) is 3.27. The molecule has 9 heteroatoms. The van der Waals surface area contributed by atoms with E-state index in [-0.39, 0.29) is 35.9 Å². The molecule has 0 spiro atoms. The maximum absolute atomic E-state index is 14.8. The fraction of sp³-hybridized carbons (Fsp3) is 0.636. The number of rotatable bonds is 5. The van der Waals surface area contributed by atoms with Crippen molar-refractivity contribution in [3.05, 3.63) is 29.6 Å². The van der Waals surface area contributed by atoms with Crippen molar-refractivity contribution in [2.24, 2.45) is 4.99 Å². The number of aliphatic imine (C=N–C) groups is 1. The number of benzene rings is 1. The van der Waals surface area contributed by atoms with Gasteiger partial charge in [0.2, 0.25) is 0 Å². The summed E-state index contributed by atoms with van der Waals surface area (Å²) < 4.78 is 20.2. The Morgan fingerprint density at radius 1 is 1.23 bits per heavy atom. The second kappa shape index (κ2) is 11.2. The number of ether oxygens (including phenoxy) is 1. The molecule has 0 radical (unpaired) electrons. The molecule has 31 heavy (non-hydrogen) atoms. The SMILES string of the molecule is CCNC(=NCc1ccc(N2CCN(C(=O)OC(C)(C)C)CC2)c(F)c1)NC1CC1.I. The average molecular weight is 547 g/mol. The number of guanidine groups is 1. The van der Waals surface area contributed by atoms with Crippen LogP contribution in [-0.4, -0.2) is 61.3 Å². The van der Waals surface area contributed by atoms with Gasteiger partial charge in [0, 0.05) is 38.8 Å². The third kappa shape index (κ3) is 8.01. The minimum atomic E-state index is -0.515. The first kappa shape index (κ1) is 25.5. The van der Waals surface area contributed by atoms with Crippen LogP contribution in [0.4, 0.5) is 14.9 Å². The smallest absolute Gasteiger partial charge is 0.410 e. The van der Waals surface area contributed by atoms with Crippen LogP contribution < -0.4 is 15.5 Å². The van der Waals surface area contributed by atoms with Crippen LogP contribution >= 0.6 is 24.0 Å². The second-order valence-corrected chi connectivity index (χ2v) is 8.85. The van der Waals surface area contributed by atoms with Gasteiger partial charge in [0.15, 0.2) is 5.96 Å². The largest absolute Gasteiger partial charge is 0.444 e. The number of carbonyl (C=O) groups excluding carboxylic acids is 1. The third-order valence-electron chi connectivity index (χ3n) is 4.97. The molecule has 0 bridgehead atoms. The molecule has 1 aromatic rings. The van der Waals surface area contributed by atoms with Crippen LogP contribution in [0.1, 0.15) is 46.1 Å². The number of amides is 1. The highest BCUT2D eigenvalue weighted by atomic mass is 127. The van der Waals surface area contributed by atoms with E-state index in [4.69, 9.17) is 4.74 Å². The Bertz CT molecular complexity index is 772. The van der Waals surface area contributed by atoms with Crippen molar-refractivity contribution >= 4 is 41.7 Å². The van der Waals surface area contributed by atoms with Gasteiger partial charge in [-0.1, -0.05) is 6.07 Å². The molecule has 1 aliphatic heterocycles. The summed E-state index contributed by atoms with van der Waals surface area (Å²) >= 11 is 0. The van der Waals surface area contributed by atoms with E-state index in [1.54, 1.807) is 11.0 Å². The number of hydrogen-bond acceptors (Lipinski definition) is 4. The van der Waals surface area contributed by atoms with Crippen LogP contribution in [0, 0.1) is 5.82 Å². The minimum Gasteiger partial charge on any atom is -0.444 e. The van der Waals surface area contributed by atoms with Crippen molar-refractivity contribution in [2.75, 3.05) is 37.6 Å². The number of piperazine rings is 1. The Kier molecular flexibility index (Phi) is 9.20. The molecular weight excluding hydrogens is 512 g/mol. The number of nitrogens with zero attached hydrogens (tertiary/aromatic N) is 3. The fourth-order valence-corrected chi connectivity index (χ4v) is 3.27. The van der Waals surface area contributed by atoms with Gasteiger partial charge in [-0.3, -0.25) is 0 Å². The Hall–Kier alpha value is -1.78. The zero-order valence-electron chi connectivity index (χ0n) is 18.9. The van der Waals surface area contributed by atoms with E-state index >= 15 is 0 Å². The van der Waals surface area contributed by atoms with Gasteiger partial charge in [-0.2, -0.15) is 0 Å². The highest BCUT2D eigenvalue weighted by Gasteiger charge is 2.27. The standard InChI is InChI=1S/C22H34FN5O2.HI/c1-5-24-20(26-17-7-8-17)25-15-16-6-9-19(18(23)14-16)27-10-12-28(13-11-27)21(29)30-22(2,3)4;/h6,9,14,17H,5,7-8,10-13,15H2,1-4H3,(H2,24,25,26);1H. The first-order valence-corrected chi connectivity index (χ1v) is 10.8. The topological polar surface area (TPSA) is 69.2 Å². The maximum atomic E-state index is 14.8. The predicted octanol–water partition coefficient (Wildman–Crippen LogP) is 3.72. The highest BCUT2D eigenvalue weighted by molar-refractivity contribution is 14.0. The molecule has 174 valence electrons. The lowest BCUT2D eigenvalue weighted by Gasteiger charge is -2.36. The lowest BCUT2D eigenvalue weighted by Crippen LogP contribution is -2.50. The van der Waals surface area contributed by atoms with E-state index in [1.165, 1.54) is 12.8 Å². The van der Waals surface area contributed by atoms with Gasteiger partial charge in [-0.25, -0.2) is 14.2 Å². The van der Waals surface area contributed by atoms with Crippen molar-refractivity contribution in [2.45, 2.75) is 58.7 Å². The van der Waals surface area contributed by atoms with Crippen molar-refractivity contribution in [3.63, 3.8) is 0 Å². The molecule has 1 amide bonds. The van der Waals surface area contributed by atoms with Crippen molar-refractivity contribution < 1.29 is 13.9 Å². The highest BCUT2D eigenvalue weighted by Crippen LogP contribution is 2.23. The van der Waals surface area contributed by atoms with Crippen LogP contribution in [0.15, 0.2) is 23.2 Å². The first-order chi connectivity index (χ1) is 14.2. The summed E-state index contributed by atoms with van der Waals surface area (Å²) in [6.45, 7) is 11.0. The molecule has 1 aliphatic carbocycles. The molecule has 7 nitrogen and oxygen atoms in total. The maximum Gasteiger partial charge on any atom is 0.410 e. The van der Waals surface area contributed by atoms with E-state index in [9.17, 15) is 9.18 Å². The van der Waals surface area contributed by atoms with Crippen molar-refractivity contribution in [1.82, 2.24) is 15.5 Å². The summed E-state index contributed by atoms with van der Waals surface area (Å²) in [7, 11) is 0. The lowest BCUT2D eigenvalue weighted by atomic mass is 10.1. The molecule has 0 atom stereocenters. The molecular formula is C22H35FIN5O2. The van der Waals surface area contributed by atoms with Gasteiger partial charge in [0.05, 0.1) is 12.2 Å². The first-order valence-electron chi connectivity index (χ1n) is 10.8. The number of anilines is 1. The van der Waals surface area contributed by atoms with Crippen LogP contribution in [0.3, 0.4) is 0 Å². The predicted molar refractivity (Wildman–Crippen MR) is 133 cm³/mol. The molecule has 2 fully saturated rings. The lowest BCUT2D eigenvalue weighted by molar-refractivity contribution is 0.0240. The Morgan fingerprint density at radius 2 is 1.90 bits per heavy atom. The monoisotopic (exact) mass is 547 g/mol. The number of carbonyl (C=O) groups is 1. The van der Waals surface area contributed by atoms with Crippen molar-refractivity contribution in [1.29, 1.82) is 0 Å². The molecule has 1 heterocycles. The summed E-state index contributed by atoms with van der Waals surface area (Å²) in [6, 6.07) is 5.80. The van der Waals surface area contributed by atoms with Gasteiger partial charge in [-0.15, -0.1) is 24.0 Å². The van der Waals surface area contributed by atoms with Gasteiger partial charge in [0.1, 0.15) is 11.4 Å². The molecule has 2 N–H and O–H groups in total. The number of halogens is 2. The Balaban J connectivity index is 0.00000341. The Morgan fingerprint density at radius 3 is 2.45 bits per heavy atom. The van der Waals surface area contributed by atoms with Gasteiger partial charge >= 0.3 is 6.09 Å². The summed E-state index contributed by atoms with van der Waals surface area (Å²) in [4.78, 5) is 20.4. The molecule has 1 saturated carbocycles. The molecule has 3 rings (SSSR count). The zero-order valence-corrected chi connectivity index (χ0v) is 21.2. The number of nitrogens with one attached hydrogen (secondary N) is 2. The van der Waals surface area contributed by atoms with E-state index in [0.717, 1.165) is 18.1 Å². The van der Waals surface area contributed by atoms with Crippen LogP contribution in [0.2, 0.25) is 0 Å². The summed E-state index contributed by atoms with van der Waals surface area (Å²) in [6.07, 6.45) is 2.04. The second-order valence-electron chi connectivity index (χ2n) is 8.85. The van der Waals surface area contributed by atoms with Gasteiger partial charge in [0.25, 0.3) is 0 Å². The molecule has 2 aliphatic rings. The van der Waals surface area contributed by atoms with E-state index in [1.807, 2.05) is 44.7 Å². The van der Waals surface area contributed by atoms with E-state index in [0.29, 0.717) is 44.5 Å². The molecule has 1 aromatic carbocycles. The quantitative estimate of drug-likeness (QED) is 0.334. The average Bonchev–Trinajstić information content (AvgIpc) is 3.49. The van der Waals surface area contributed by atoms with Crippen LogP contribution in [0.25, 0.3) is 0 Å². The van der Waals surface area contributed by atoms with Gasteiger partial charge < -0.3 is 25.2 Å². The third-order valence-corrected chi connectivity index (χ3v) is 4.97. The van der Waals surface area contributed by atoms with Crippen molar-refractivity contribution in [3.8, 4) is 0 Å². The van der Waals surface area contributed by atoms with E-state index in [2.05, 4.69) is 15.6 Å². The Labute approximate surface area is 201 Å². The van der Waals surface area contributed by atoms with Crippen LogP contribution in [0.5, 0.6) is 0 Å². The molecule has 0 unspecified atom stereocenters. The van der Waals surface area contributed by atoms with Crippen LogP contribution in [-0.2, 0) is 11.3 Å². The summed E-state index contributed by atoms with van der Waals surface area (Å²) in [5, 5.41) is 6.59. The normalized spacial score (nSPS) is 17.1. The van der Waals surface area contributed by atoms with E-state index < -0.39 is 5.60 Å². The number of hydrogen-bond donors (Lipinski definition) is 2. The summed E-state index contributed by atoms with van der Waals surface area (Å²) in [5.74, 6) is 0.524. The van der Waals surface area contributed by atoms with Gasteiger partial charge in [-0.05, 0) is 58.2 Å². The minimum absolute atomic E-state index is 0. The summed E-state index contributed by atoms with van der Waals surface area (Å²) in [5.41, 5.74) is 0.880.